The molecule has 0 unspecified atom stereocenters. The second-order valence-electron chi connectivity index (χ2n) is 4.80. The van der Waals surface area contributed by atoms with E-state index in [4.69, 9.17) is 10.5 Å². The molecule has 2 aromatic heterocycles. The molecular weight excluding hydrogens is 232 g/mol. The highest BCUT2D eigenvalue weighted by Crippen LogP contribution is 2.25. The van der Waals surface area contributed by atoms with Crippen LogP contribution in [-0.2, 0) is 16.1 Å². The monoisotopic (exact) mass is 248 g/mol. The number of anilines is 1. The summed E-state index contributed by atoms with van der Waals surface area (Å²) in [4.78, 5) is 19.9. The summed E-state index contributed by atoms with van der Waals surface area (Å²) in [6.45, 7) is 4.03. The standard InChI is InChI=1S/C12H16N4O2/c1-12(2,10(17)18-3)7-16-9-4-5-14-6-8(9)15-11(16)13/h4-6H,7H2,1-3H3,(H2,13,15). The Morgan fingerprint density at radius 2 is 2.28 bits per heavy atom. The van der Waals surface area contributed by atoms with Gasteiger partial charge in [0.05, 0.1) is 24.2 Å². The molecule has 0 saturated carbocycles. The Morgan fingerprint density at radius 1 is 1.56 bits per heavy atom. The Hall–Kier alpha value is -2.11. The van der Waals surface area contributed by atoms with Crippen LogP contribution in [0.15, 0.2) is 18.5 Å². The number of nitrogens with zero attached hydrogens (tertiary/aromatic N) is 3. The minimum absolute atomic E-state index is 0.280. The predicted octanol–water partition coefficient (Wildman–Crippen LogP) is 1.21. The molecule has 6 nitrogen and oxygen atoms in total. The van der Waals surface area contributed by atoms with Crippen LogP contribution < -0.4 is 5.73 Å². The van der Waals surface area contributed by atoms with Gasteiger partial charge in [0.2, 0.25) is 5.95 Å². The summed E-state index contributed by atoms with van der Waals surface area (Å²) in [5, 5.41) is 0. The average Bonchev–Trinajstić information content (AvgIpc) is 2.65. The summed E-state index contributed by atoms with van der Waals surface area (Å²) in [5.41, 5.74) is 6.79. The molecule has 0 aliphatic carbocycles. The number of ether oxygens (including phenoxy) is 1. The average molecular weight is 248 g/mol. The Bertz CT molecular complexity index is 589. The molecule has 0 radical (unpaired) electrons. The molecular formula is C12H16N4O2. The van der Waals surface area contributed by atoms with Gasteiger partial charge in [0.1, 0.15) is 5.52 Å². The van der Waals surface area contributed by atoms with E-state index in [0.29, 0.717) is 12.5 Å². The maximum absolute atomic E-state index is 11.7. The summed E-state index contributed by atoms with van der Waals surface area (Å²) in [6.07, 6.45) is 3.32. The first kappa shape index (κ1) is 12.3. The van der Waals surface area contributed by atoms with Gasteiger partial charge in [-0.25, -0.2) is 4.98 Å². The van der Waals surface area contributed by atoms with E-state index in [-0.39, 0.29) is 5.97 Å². The van der Waals surface area contributed by atoms with Crippen molar-refractivity contribution in [2.75, 3.05) is 12.8 Å². The van der Waals surface area contributed by atoms with Crippen molar-refractivity contribution in [3.8, 4) is 0 Å². The van der Waals surface area contributed by atoms with Crippen molar-refractivity contribution in [2.45, 2.75) is 20.4 Å². The van der Waals surface area contributed by atoms with Crippen molar-refractivity contribution in [3.05, 3.63) is 18.5 Å². The van der Waals surface area contributed by atoms with Gasteiger partial charge in [-0.15, -0.1) is 0 Å². The molecule has 2 aromatic rings. The van der Waals surface area contributed by atoms with E-state index >= 15 is 0 Å². The number of aromatic nitrogens is 3. The first-order valence-electron chi connectivity index (χ1n) is 5.60. The quantitative estimate of drug-likeness (QED) is 0.825. The van der Waals surface area contributed by atoms with Crippen LogP contribution in [0.2, 0.25) is 0 Å². The van der Waals surface area contributed by atoms with Crippen LogP contribution in [-0.4, -0.2) is 27.6 Å². The minimum Gasteiger partial charge on any atom is -0.469 e. The van der Waals surface area contributed by atoms with E-state index in [0.717, 1.165) is 11.0 Å². The lowest BCUT2D eigenvalue weighted by Crippen LogP contribution is -2.31. The Balaban J connectivity index is 2.43. The van der Waals surface area contributed by atoms with Gasteiger partial charge in [0, 0.05) is 12.7 Å². The number of esters is 1. The fraction of sp³-hybridized carbons (Fsp3) is 0.417. The van der Waals surface area contributed by atoms with Gasteiger partial charge in [-0.2, -0.15) is 0 Å². The van der Waals surface area contributed by atoms with Crippen LogP contribution in [0.25, 0.3) is 11.0 Å². The van der Waals surface area contributed by atoms with Crippen molar-refractivity contribution in [1.29, 1.82) is 0 Å². The topological polar surface area (TPSA) is 83.0 Å². The molecule has 2 rings (SSSR count). The molecule has 0 fully saturated rings. The van der Waals surface area contributed by atoms with Crippen LogP contribution in [0.3, 0.4) is 0 Å². The van der Waals surface area contributed by atoms with Gasteiger partial charge in [-0.3, -0.25) is 9.78 Å². The highest BCUT2D eigenvalue weighted by molar-refractivity contribution is 5.79. The largest absolute Gasteiger partial charge is 0.469 e. The van der Waals surface area contributed by atoms with Gasteiger partial charge < -0.3 is 15.0 Å². The van der Waals surface area contributed by atoms with Gasteiger partial charge in [-0.05, 0) is 19.9 Å². The van der Waals surface area contributed by atoms with E-state index in [2.05, 4.69) is 9.97 Å². The minimum atomic E-state index is -0.667. The fourth-order valence-electron chi connectivity index (χ4n) is 1.90. The molecule has 2 N–H and O–H groups in total. The van der Waals surface area contributed by atoms with Crippen molar-refractivity contribution < 1.29 is 9.53 Å². The number of nitrogens with two attached hydrogens (primary N) is 1. The molecule has 0 spiro atoms. The number of fused-ring (bicyclic) bond motifs is 1. The van der Waals surface area contributed by atoms with Crippen molar-refractivity contribution in [1.82, 2.24) is 14.5 Å². The normalized spacial score (nSPS) is 11.7. The van der Waals surface area contributed by atoms with Crippen LogP contribution >= 0.6 is 0 Å². The van der Waals surface area contributed by atoms with E-state index in [1.807, 2.05) is 19.9 Å². The number of carbonyl (C=O) groups is 1. The molecule has 0 amide bonds. The third-order valence-electron chi connectivity index (χ3n) is 2.87. The lowest BCUT2D eigenvalue weighted by Gasteiger charge is -2.22. The molecule has 0 saturated heterocycles. The highest BCUT2D eigenvalue weighted by Gasteiger charge is 2.30. The molecule has 0 aliphatic heterocycles. The zero-order valence-electron chi connectivity index (χ0n) is 10.7. The van der Waals surface area contributed by atoms with E-state index in [9.17, 15) is 4.79 Å². The van der Waals surface area contributed by atoms with E-state index in [1.165, 1.54) is 7.11 Å². The van der Waals surface area contributed by atoms with Gasteiger partial charge in [0.25, 0.3) is 0 Å². The molecule has 96 valence electrons. The van der Waals surface area contributed by atoms with Crippen molar-refractivity contribution >= 4 is 23.0 Å². The van der Waals surface area contributed by atoms with Gasteiger partial charge >= 0.3 is 5.97 Å². The van der Waals surface area contributed by atoms with Gasteiger partial charge in [-0.1, -0.05) is 0 Å². The zero-order valence-corrected chi connectivity index (χ0v) is 10.7. The van der Waals surface area contributed by atoms with Crippen LogP contribution in [0.1, 0.15) is 13.8 Å². The van der Waals surface area contributed by atoms with Crippen LogP contribution in [0.5, 0.6) is 0 Å². The molecule has 2 heterocycles. The summed E-state index contributed by atoms with van der Waals surface area (Å²) in [7, 11) is 1.38. The first-order chi connectivity index (χ1) is 8.45. The van der Waals surface area contributed by atoms with Crippen molar-refractivity contribution in [3.63, 3.8) is 0 Å². The van der Waals surface area contributed by atoms with Crippen LogP contribution in [0.4, 0.5) is 5.95 Å². The number of rotatable bonds is 3. The number of hydrogen-bond donors (Lipinski definition) is 1. The third-order valence-corrected chi connectivity index (χ3v) is 2.87. The molecule has 0 aromatic carbocycles. The molecule has 0 bridgehead atoms. The predicted molar refractivity (Wildman–Crippen MR) is 67.7 cm³/mol. The summed E-state index contributed by atoms with van der Waals surface area (Å²) in [6, 6.07) is 1.83. The number of pyridine rings is 1. The lowest BCUT2D eigenvalue weighted by atomic mass is 9.93. The Kier molecular flexibility index (Phi) is 2.94. The number of imidazole rings is 1. The fourth-order valence-corrected chi connectivity index (χ4v) is 1.90. The second kappa shape index (κ2) is 4.29. The SMILES string of the molecule is COC(=O)C(C)(C)Cn1c(N)nc2cnccc21. The highest BCUT2D eigenvalue weighted by atomic mass is 16.5. The number of nitrogen functional groups attached to an aromatic ring is 1. The van der Waals surface area contributed by atoms with E-state index < -0.39 is 5.41 Å². The smallest absolute Gasteiger partial charge is 0.313 e. The number of carbonyl (C=O) groups excluding carboxylic acids is 1. The number of methoxy groups -OCH3 is 1. The number of hydrogen-bond acceptors (Lipinski definition) is 5. The summed E-state index contributed by atoms with van der Waals surface area (Å²) >= 11 is 0. The third kappa shape index (κ3) is 2.01. The molecule has 18 heavy (non-hydrogen) atoms. The van der Waals surface area contributed by atoms with E-state index in [1.54, 1.807) is 17.0 Å². The Labute approximate surface area is 105 Å². The first-order valence-corrected chi connectivity index (χ1v) is 5.60. The summed E-state index contributed by atoms with van der Waals surface area (Å²) in [5.74, 6) is 0.0905. The maximum atomic E-state index is 11.7. The van der Waals surface area contributed by atoms with Crippen molar-refractivity contribution in [2.24, 2.45) is 5.41 Å². The maximum Gasteiger partial charge on any atom is 0.313 e. The molecule has 6 heteroatoms. The lowest BCUT2D eigenvalue weighted by molar-refractivity contribution is -0.151. The van der Waals surface area contributed by atoms with Gasteiger partial charge in [0.15, 0.2) is 0 Å². The molecule has 0 aliphatic rings. The molecule has 0 atom stereocenters. The summed E-state index contributed by atoms with van der Waals surface area (Å²) < 4.78 is 6.59. The Morgan fingerprint density at radius 3 is 2.94 bits per heavy atom. The second-order valence-corrected chi connectivity index (χ2v) is 4.80. The van der Waals surface area contributed by atoms with Crippen LogP contribution in [0, 0.1) is 5.41 Å². The zero-order chi connectivity index (χ0) is 13.3.